The van der Waals surface area contributed by atoms with Crippen LogP contribution >= 0.6 is 0 Å². The maximum absolute atomic E-state index is 12.3. The van der Waals surface area contributed by atoms with Gasteiger partial charge >= 0.3 is 11.9 Å². The molecule has 0 fully saturated rings. The lowest BCUT2D eigenvalue weighted by atomic mass is 9.87. The number of hydrogen-bond donors (Lipinski definition) is 0. The van der Waals surface area contributed by atoms with Crippen molar-refractivity contribution in [3.8, 4) is 0 Å². The lowest BCUT2D eigenvalue weighted by molar-refractivity contribution is -0.171. The van der Waals surface area contributed by atoms with Crippen molar-refractivity contribution in [1.29, 1.82) is 0 Å². The van der Waals surface area contributed by atoms with Gasteiger partial charge in [0.2, 0.25) is 0 Å². The highest BCUT2D eigenvalue weighted by Crippen LogP contribution is 2.26. The quantitative estimate of drug-likeness (QED) is 0.199. The first-order valence-corrected chi connectivity index (χ1v) is 8.98. The number of rotatable bonds is 14. The zero-order valence-corrected chi connectivity index (χ0v) is 15.2. The molecule has 0 aliphatic carbocycles. The SMILES string of the molecule is C=CCC(C)(C(=O)OCCCCCC)C(=O)OCCCCCC. The van der Waals surface area contributed by atoms with Crippen LogP contribution in [0, 0.1) is 5.41 Å². The molecule has 4 heteroatoms. The average molecular weight is 326 g/mol. The van der Waals surface area contributed by atoms with Crippen LogP contribution in [-0.4, -0.2) is 25.2 Å². The Balaban J connectivity index is 4.36. The summed E-state index contributed by atoms with van der Waals surface area (Å²) in [4.78, 5) is 24.6. The number of hydrogen-bond acceptors (Lipinski definition) is 4. The van der Waals surface area contributed by atoms with Crippen molar-refractivity contribution in [3.05, 3.63) is 12.7 Å². The van der Waals surface area contributed by atoms with Crippen molar-refractivity contribution in [2.45, 2.75) is 78.6 Å². The van der Waals surface area contributed by atoms with Gasteiger partial charge in [0.05, 0.1) is 13.2 Å². The molecule has 0 aliphatic rings. The minimum absolute atomic E-state index is 0.231. The molecule has 0 atom stereocenters. The van der Waals surface area contributed by atoms with Gasteiger partial charge in [-0.3, -0.25) is 9.59 Å². The van der Waals surface area contributed by atoms with Crippen LogP contribution in [0.25, 0.3) is 0 Å². The van der Waals surface area contributed by atoms with Crippen molar-refractivity contribution in [2.75, 3.05) is 13.2 Å². The van der Waals surface area contributed by atoms with Crippen LogP contribution in [0.4, 0.5) is 0 Å². The van der Waals surface area contributed by atoms with Gasteiger partial charge in [-0.25, -0.2) is 0 Å². The number of allylic oxidation sites excluding steroid dienone is 1. The first-order valence-electron chi connectivity index (χ1n) is 8.98. The largest absolute Gasteiger partial charge is 0.465 e. The third kappa shape index (κ3) is 8.77. The predicted octanol–water partition coefficient (Wildman–Crippen LogP) is 4.82. The Morgan fingerprint density at radius 3 is 1.65 bits per heavy atom. The van der Waals surface area contributed by atoms with Crippen molar-refractivity contribution < 1.29 is 19.1 Å². The van der Waals surface area contributed by atoms with Crippen LogP contribution in [0.1, 0.15) is 78.6 Å². The van der Waals surface area contributed by atoms with E-state index >= 15 is 0 Å². The van der Waals surface area contributed by atoms with Crippen LogP contribution in [0.3, 0.4) is 0 Å². The zero-order chi connectivity index (χ0) is 17.6. The first kappa shape index (κ1) is 21.7. The van der Waals surface area contributed by atoms with Crippen LogP contribution in [0.15, 0.2) is 12.7 Å². The van der Waals surface area contributed by atoms with E-state index in [1.165, 1.54) is 0 Å². The van der Waals surface area contributed by atoms with E-state index in [9.17, 15) is 9.59 Å². The Labute approximate surface area is 141 Å². The van der Waals surface area contributed by atoms with Gasteiger partial charge in [0.15, 0.2) is 5.41 Å². The van der Waals surface area contributed by atoms with Gasteiger partial charge in [-0.1, -0.05) is 58.4 Å². The van der Waals surface area contributed by atoms with Crippen LogP contribution in [-0.2, 0) is 19.1 Å². The van der Waals surface area contributed by atoms with Gasteiger partial charge in [-0.2, -0.15) is 0 Å². The third-order valence-corrected chi connectivity index (χ3v) is 3.92. The van der Waals surface area contributed by atoms with Crippen molar-refractivity contribution in [2.24, 2.45) is 5.41 Å². The van der Waals surface area contributed by atoms with Crippen LogP contribution < -0.4 is 0 Å². The molecule has 0 saturated carbocycles. The zero-order valence-electron chi connectivity index (χ0n) is 15.2. The fourth-order valence-corrected chi connectivity index (χ4v) is 2.24. The summed E-state index contributed by atoms with van der Waals surface area (Å²) >= 11 is 0. The highest BCUT2D eigenvalue weighted by molar-refractivity contribution is 5.99. The molecule has 0 radical (unpaired) electrons. The van der Waals surface area contributed by atoms with Gasteiger partial charge in [-0.05, 0) is 26.2 Å². The minimum atomic E-state index is -1.28. The maximum Gasteiger partial charge on any atom is 0.323 e. The number of unbranched alkanes of at least 4 members (excludes halogenated alkanes) is 6. The second-order valence-corrected chi connectivity index (χ2v) is 6.22. The standard InChI is InChI=1S/C19H34O4/c1-5-8-10-12-15-22-17(20)19(4,14-7-3)18(21)23-16-13-11-9-6-2/h7H,3,5-6,8-16H2,1-2,4H3. The molecule has 134 valence electrons. The molecule has 0 aliphatic heterocycles. The molecule has 0 aromatic rings. The van der Waals surface area contributed by atoms with E-state index in [4.69, 9.17) is 9.47 Å². The molecule has 4 nitrogen and oxygen atoms in total. The van der Waals surface area contributed by atoms with Gasteiger partial charge in [0, 0.05) is 0 Å². The van der Waals surface area contributed by atoms with Gasteiger partial charge in [0.1, 0.15) is 0 Å². The third-order valence-electron chi connectivity index (χ3n) is 3.92. The topological polar surface area (TPSA) is 52.6 Å². The van der Waals surface area contributed by atoms with E-state index < -0.39 is 17.4 Å². The molecule has 23 heavy (non-hydrogen) atoms. The summed E-state index contributed by atoms with van der Waals surface area (Å²) in [6.45, 7) is 10.2. The molecular weight excluding hydrogens is 292 g/mol. The molecule has 0 saturated heterocycles. The highest BCUT2D eigenvalue weighted by Gasteiger charge is 2.43. The van der Waals surface area contributed by atoms with Crippen molar-refractivity contribution >= 4 is 11.9 Å². The van der Waals surface area contributed by atoms with Gasteiger partial charge < -0.3 is 9.47 Å². The molecule has 0 rings (SSSR count). The molecule has 0 aromatic heterocycles. The van der Waals surface area contributed by atoms with E-state index in [-0.39, 0.29) is 6.42 Å². The summed E-state index contributed by atoms with van der Waals surface area (Å²) < 4.78 is 10.6. The summed E-state index contributed by atoms with van der Waals surface area (Å²) in [6.07, 6.45) is 10.0. The number of carbonyl (C=O) groups is 2. The van der Waals surface area contributed by atoms with E-state index in [1.54, 1.807) is 13.0 Å². The summed E-state index contributed by atoms with van der Waals surface area (Å²) in [5, 5.41) is 0. The van der Waals surface area contributed by atoms with E-state index in [2.05, 4.69) is 20.4 Å². The second kappa shape index (κ2) is 13.1. The number of carbonyl (C=O) groups excluding carboxylic acids is 2. The molecule has 0 spiro atoms. The molecule has 0 N–H and O–H groups in total. The number of ether oxygens (including phenoxy) is 2. The Hall–Kier alpha value is -1.32. The monoisotopic (exact) mass is 326 g/mol. The van der Waals surface area contributed by atoms with Crippen LogP contribution in [0.2, 0.25) is 0 Å². The predicted molar refractivity (Wildman–Crippen MR) is 93.1 cm³/mol. The fourth-order valence-electron chi connectivity index (χ4n) is 2.24. The second-order valence-electron chi connectivity index (χ2n) is 6.22. The molecule has 0 heterocycles. The Bertz CT molecular complexity index is 323. The maximum atomic E-state index is 12.3. The summed E-state index contributed by atoms with van der Waals surface area (Å²) in [7, 11) is 0. The molecule has 0 amide bonds. The molecule has 0 unspecified atom stereocenters. The Morgan fingerprint density at radius 1 is 0.870 bits per heavy atom. The number of esters is 2. The average Bonchev–Trinajstić information content (AvgIpc) is 2.54. The van der Waals surface area contributed by atoms with Crippen molar-refractivity contribution in [1.82, 2.24) is 0 Å². The summed E-state index contributed by atoms with van der Waals surface area (Å²) in [5.74, 6) is -1.01. The lowest BCUT2D eigenvalue weighted by Gasteiger charge is -2.24. The smallest absolute Gasteiger partial charge is 0.323 e. The summed E-state index contributed by atoms with van der Waals surface area (Å²) in [6, 6.07) is 0. The van der Waals surface area contributed by atoms with Crippen molar-refractivity contribution in [3.63, 3.8) is 0 Å². The van der Waals surface area contributed by atoms with Crippen LogP contribution in [0.5, 0.6) is 0 Å². The molecule has 0 bridgehead atoms. The van der Waals surface area contributed by atoms with E-state index in [0.29, 0.717) is 13.2 Å². The Kier molecular flexibility index (Phi) is 12.4. The minimum Gasteiger partial charge on any atom is -0.465 e. The lowest BCUT2D eigenvalue weighted by Crippen LogP contribution is -2.39. The van der Waals surface area contributed by atoms with E-state index in [1.807, 2.05) is 0 Å². The molecular formula is C19H34O4. The fraction of sp³-hybridized carbons (Fsp3) is 0.789. The summed E-state index contributed by atoms with van der Waals surface area (Å²) in [5.41, 5.74) is -1.28. The molecule has 0 aromatic carbocycles. The highest BCUT2D eigenvalue weighted by atomic mass is 16.6. The van der Waals surface area contributed by atoms with E-state index in [0.717, 1.165) is 51.4 Å². The first-order chi connectivity index (χ1) is 11.0. The van der Waals surface area contributed by atoms with Gasteiger partial charge in [0.25, 0.3) is 0 Å². The van der Waals surface area contributed by atoms with Gasteiger partial charge in [-0.15, -0.1) is 6.58 Å². The normalized spacial score (nSPS) is 11.1. The Morgan fingerprint density at radius 2 is 1.30 bits per heavy atom.